The van der Waals surface area contributed by atoms with Crippen molar-refractivity contribution in [3.8, 4) is 0 Å². The van der Waals surface area contributed by atoms with Gasteiger partial charge in [-0.05, 0) is 43.1 Å². The zero-order valence-electron chi connectivity index (χ0n) is 12.5. The molecule has 1 N–H and O–H groups in total. The molecule has 0 unspecified atom stereocenters. The lowest BCUT2D eigenvalue weighted by Crippen LogP contribution is -2.16. The van der Waals surface area contributed by atoms with Crippen LogP contribution in [0.1, 0.15) is 16.7 Å². The fourth-order valence-electron chi connectivity index (χ4n) is 2.83. The SMILES string of the molecule is O=[N+]([O-])c1ccccc1CSc1c(Cl)ccc2c1CCNCC2. The molecule has 1 heterocycles. The lowest BCUT2D eigenvalue weighted by Gasteiger charge is -2.14. The highest BCUT2D eigenvalue weighted by Crippen LogP contribution is 2.37. The first-order chi connectivity index (χ1) is 11.2. The van der Waals surface area contributed by atoms with Gasteiger partial charge >= 0.3 is 0 Å². The molecule has 2 aromatic carbocycles. The Balaban J connectivity index is 1.88. The molecule has 0 saturated heterocycles. The molecule has 0 fully saturated rings. The monoisotopic (exact) mass is 348 g/mol. The number of nitrogens with one attached hydrogen (secondary N) is 1. The van der Waals surface area contributed by atoms with E-state index >= 15 is 0 Å². The van der Waals surface area contributed by atoms with Crippen molar-refractivity contribution in [2.75, 3.05) is 13.1 Å². The van der Waals surface area contributed by atoms with Gasteiger partial charge in [-0.1, -0.05) is 35.9 Å². The van der Waals surface area contributed by atoms with Gasteiger partial charge in [0.15, 0.2) is 0 Å². The number of rotatable bonds is 4. The molecule has 3 rings (SSSR count). The fourth-order valence-corrected chi connectivity index (χ4v) is 4.32. The van der Waals surface area contributed by atoms with Crippen molar-refractivity contribution in [3.05, 3.63) is 68.2 Å². The number of hydrogen-bond donors (Lipinski definition) is 1. The molecule has 1 aliphatic rings. The molecule has 2 aromatic rings. The first kappa shape index (κ1) is 16.3. The molecule has 120 valence electrons. The topological polar surface area (TPSA) is 55.2 Å². The summed E-state index contributed by atoms with van der Waals surface area (Å²) in [5, 5.41) is 15.3. The van der Waals surface area contributed by atoms with Crippen LogP contribution in [0.25, 0.3) is 0 Å². The molecule has 0 atom stereocenters. The van der Waals surface area contributed by atoms with Crippen LogP contribution in [-0.2, 0) is 18.6 Å². The molecule has 4 nitrogen and oxygen atoms in total. The van der Waals surface area contributed by atoms with Gasteiger partial charge in [-0.25, -0.2) is 0 Å². The number of nitro groups is 1. The van der Waals surface area contributed by atoms with Gasteiger partial charge in [0.2, 0.25) is 0 Å². The van der Waals surface area contributed by atoms with Crippen LogP contribution in [0.2, 0.25) is 5.02 Å². The van der Waals surface area contributed by atoms with Crippen molar-refractivity contribution >= 4 is 29.1 Å². The van der Waals surface area contributed by atoms with Crippen molar-refractivity contribution in [3.63, 3.8) is 0 Å². The van der Waals surface area contributed by atoms with Gasteiger partial charge < -0.3 is 5.32 Å². The van der Waals surface area contributed by atoms with Crippen LogP contribution in [0.4, 0.5) is 5.69 Å². The maximum atomic E-state index is 11.1. The maximum absolute atomic E-state index is 11.1. The molecule has 1 aliphatic heterocycles. The van der Waals surface area contributed by atoms with Gasteiger partial charge in [0.05, 0.1) is 9.95 Å². The van der Waals surface area contributed by atoms with Crippen LogP contribution < -0.4 is 5.32 Å². The number of hydrogen-bond acceptors (Lipinski definition) is 4. The first-order valence-corrected chi connectivity index (χ1v) is 8.89. The van der Waals surface area contributed by atoms with Crippen molar-refractivity contribution in [2.45, 2.75) is 23.5 Å². The summed E-state index contributed by atoms with van der Waals surface area (Å²) in [5.74, 6) is 0.542. The van der Waals surface area contributed by atoms with Gasteiger partial charge in [-0.15, -0.1) is 11.8 Å². The van der Waals surface area contributed by atoms with Gasteiger partial charge in [0, 0.05) is 22.3 Å². The van der Waals surface area contributed by atoms with Crippen molar-refractivity contribution < 1.29 is 4.92 Å². The highest BCUT2D eigenvalue weighted by Gasteiger charge is 2.17. The summed E-state index contributed by atoms with van der Waals surface area (Å²) < 4.78 is 0. The number of halogens is 1. The standard InChI is InChI=1S/C17H17ClN2O2S/c18-15-6-5-12-7-9-19-10-8-14(12)17(15)23-11-13-3-1-2-4-16(13)20(21)22/h1-6,19H,7-11H2. The summed E-state index contributed by atoms with van der Waals surface area (Å²) in [4.78, 5) is 11.9. The Labute approximate surface area is 144 Å². The van der Waals surface area contributed by atoms with Crippen LogP contribution in [0.5, 0.6) is 0 Å². The second kappa shape index (κ2) is 7.34. The largest absolute Gasteiger partial charge is 0.316 e. The van der Waals surface area contributed by atoms with Crippen LogP contribution in [0.3, 0.4) is 0 Å². The molecule has 0 aromatic heterocycles. The average molecular weight is 349 g/mol. The zero-order valence-corrected chi connectivity index (χ0v) is 14.1. The minimum atomic E-state index is -0.326. The van der Waals surface area contributed by atoms with E-state index in [0.717, 1.165) is 41.4 Å². The van der Waals surface area contributed by atoms with E-state index in [1.807, 2.05) is 18.2 Å². The normalized spacial score (nSPS) is 14.1. The lowest BCUT2D eigenvalue weighted by atomic mass is 10.0. The fraction of sp³-hybridized carbons (Fsp3) is 0.294. The van der Waals surface area contributed by atoms with Gasteiger partial charge in [-0.3, -0.25) is 10.1 Å². The molecule has 0 radical (unpaired) electrons. The van der Waals surface area contributed by atoms with Crippen LogP contribution in [0, 0.1) is 10.1 Å². The Bertz CT molecular complexity index is 737. The lowest BCUT2D eigenvalue weighted by molar-refractivity contribution is -0.385. The van der Waals surface area contributed by atoms with Crippen molar-refractivity contribution in [2.24, 2.45) is 0 Å². The second-order valence-corrected chi connectivity index (χ2v) is 6.83. The van der Waals surface area contributed by atoms with E-state index in [4.69, 9.17) is 11.6 Å². The Hall–Kier alpha value is -1.56. The van der Waals surface area contributed by atoms with Crippen LogP contribution in [0.15, 0.2) is 41.3 Å². The molecular weight excluding hydrogens is 332 g/mol. The predicted molar refractivity (Wildman–Crippen MR) is 94.4 cm³/mol. The minimum Gasteiger partial charge on any atom is -0.316 e. The predicted octanol–water partition coefficient (Wildman–Crippen LogP) is 4.23. The summed E-state index contributed by atoms with van der Waals surface area (Å²) >= 11 is 8.00. The molecule has 0 saturated carbocycles. The van der Waals surface area contributed by atoms with E-state index in [0.29, 0.717) is 5.75 Å². The number of thioether (sulfide) groups is 1. The first-order valence-electron chi connectivity index (χ1n) is 7.53. The van der Waals surface area contributed by atoms with Gasteiger partial charge in [0.25, 0.3) is 5.69 Å². The molecule has 0 aliphatic carbocycles. The second-order valence-electron chi connectivity index (χ2n) is 5.44. The quantitative estimate of drug-likeness (QED) is 0.510. The number of nitro benzene ring substituents is 1. The molecule has 0 amide bonds. The van der Waals surface area contributed by atoms with Crippen molar-refractivity contribution in [1.82, 2.24) is 5.32 Å². The molecule has 6 heteroatoms. The molecule has 0 bridgehead atoms. The van der Waals surface area contributed by atoms with Crippen molar-refractivity contribution in [1.29, 1.82) is 0 Å². The van der Waals surface area contributed by atoms with Gasteiger partial charge in [-0.2, -0.15) is 0 Å². The third kappa shape index (κ3) is 3.68. The molecule has 0 spiro atoms. The molecular formula is C17H17ClN2O2S. The molecule has 23 heavy (non-hydrogen) atoms. The average Bonchev–Trinajstić information content (AvgIpc) is 2.79. The Morgan fingerprint density at radius 2 is 1.96 bits per heavy atom. The Morgan fingerprint density at radius 1 is 1.17 bits per heavy atom. The Morgan fingerprint density at radius 3 is 2.78 bits per heavy atom. The number of benzene rings is 2. The third-order valence-electron chi connectivity index (χ3n) is 3.99. The van der Waals surface area contributed by atoms with Gasteiger partial charge in [0.1, 0.15) is 0 Å². The number of nitrogens with zero attached hydrogens (tertiary/aromatic N) is 1. The highest BCUT2D eigenvalue weighted by molar-refractivity contribution is 7.98. The van der Waals surface area contributed by atoms with E-state index < -0.39 is 0 Å². The van der Waals surface area contributed by atoms with Crippen LogP contribution >= 0.6 is 23.4 Å². The summed E-state index contributed by atoms with van der Waals surface area (Å²) in [6.07, 6.45) is 1.93. The number of para-hydroxylation sites is 1. The number of fused-ring (bicyclic) bond motifs is 1. The minimum absolute atomic E-state index is 0.166. The summed E-state index contributed by atoms with van der Waals surface area (Å²) in [6, 6.07) is 10.9. The zero-order chi connectivity index (χ0) is 16.2. The maximum Gasteiger partial charge on any atom is 0.273 e. The summed E-state index contributed by atoms with van der Waals surface area (Å²) in [7, 11) is 0. The summed E-state index contributed by atoms with van der Waals surface area (Å²) in [5.41, 5.74) is 3.50. The smallest absolute Gasteiger partial charge is 0.273 e. The summed E-state index contributed by atoms with van der Waals surface area (Å²) in [6.45, 7) is 1.91. The van der Waals surface area contributed by atoms with Crippen LogP contribution in [-0.4, -0.2) is 18.0 Å². The highest BCUT2D eigenvalue weighted by atomic mass is 35.5. The van der Waals surface area contributed by atoms with E-state index in [1.165, 1.54) is 11.1 Å². The Kier molecular flexibility index (Phi) is 5.20. The van der Waals surface area contributed by atoms with E-state index in [2.05, 4.69) is 11.4 Å². The van der Waals surface area contributed by atoms with E-state index in [1.54, 1.807) is 23.9 Å². The van der Waals surface area contributed by atoms with E-state index in [9.17, 15) is 10.1 Å². The third-order valence-corrected chi connectivity index (χ3v) is 5.63. The van der Waals surface area contributed by atoms with E-state index in [-0.39, 0.29) is 10.6 Å².